The van der Waals surface area contributed by atoms with Gasteiger partial charge in [-0.3, -0.25) is 0 Å². The van der Waals surface area contributed by atoms with Gasteiger partial charge in [-0.05, 0) is 30.2 Å². The van der Waals surface area contributed by atoms with Crippen LogP contribution >= 0.6 is 0 Å². The molecule has 1 unspecified atom stereocenters. The molecule has 2 aromatic carbocycles. The van der Waals surface area contributed by atoms with Crippen LogP contribution in [0.5, 0.6) is 0 Å². The quantitative estimate of drug-likeness (QED) is 0.842. The second kappa shape index (κ2) is 5.89. The summed E-state index contributed by atoms with van der Waals surface area (Å²) in [5.74, 6) is -3.86. The zero-order chi connectivity index (χ0) is 13.8. The van der Waals surface area contributed by atoms with Crippen LogP contribution in [0.15, 0.2) is 42.5 Å². The number of rotatable bonds is 4. The number of halogens is 3. The van der Waals surface area contributed by atoms with Gasteiger partial charge in [-0.15, -0.1) is 0 Å². The van der Waals surface area contributed by atoms with E-state index in [1.54, 1.807) is 0 Å². The molecule has 0 aromatic heterocycles. The third kappa shape index (κ3) is 2.96. The molecule has 1 nitrogen and oxygen atoms in total. The molecule has 0 aliphatic carbocycles. The molecule has 0 spiro atoms. The highest BCUT2D eigenvalue weighted by Gasteiger charge is 2.17. The molecule has 0 aliphatic heterocycles. The van der Waals surface area contributed by atoms with Crippen LogP contribution in [0.4, 0.5) is 13.2 Å². The maximum atomic E-state index is 13.6. The summed E-state index contributed by atoms with van der Waals surface area (Å²) in [7, 11) is 0. The summed E-state index contributed by atoms with van der Waals surface area (Å²) in [5, 5.41) is 0. The van der Waals surface area contributed by atoms with E-state index in [4.69, 9.17) is 5.73 Å². The van der Waals surface area contributed by atoms with Crippen molar-refractivity contribution in [1.82, 2.24) is 0 Å². The summed E-state index contributed by atoms with van der Waals surface area (Å²) in [5.41, 5.74) is 6.77. The van der Waals surface area contributed by atoms with Gasteiger partial charge in [-0.2, -0.15) is 0 Å². The van der Waals surface area contributed by atoms with Crippen molar-refractivity contribution in [3.8, 4) is 0 Å². The fourth-order valence-corrected chi connectivity index (χ4v) is 2.05. The first-order chi connectivity index (χ1) is 9.13. The predicted octanol–water partition coefficient (Wildman–Crippen LogP) is 3.39. The molecule has 0 saturated carbocycles. The Kier molecular flexibility index (Phi) is 4.22. The Bertz CT molecular complexity index is 555. The Morgan fingerprint density at radius 3 is 2.21 bits per heavy atom. The van der Waals surface area contributed by atoms with Gasteiger partial charge >= 0.3 is 0 Å². The van der Waals surface area contributed by atoms with Crippen LogP contribution in [-0.2, 0) is 6.42 Å². The first-order valence-electron chi connectivity index (χ1n) is 6.01. The van der Waals surface area contributed by atoms with Gasteiger partial charge in [0, 0.05) is 5.92 Å². The molecule has 19 heavy (non-hydrogen) atoms. The van der Waals surface area contributed by atoms with Gasteiger partial charge < -0.3 is 5.73 Å². The van der Waals surface area contributed by atoms with Crippen LogP contribution in [-0.4, -0.2) is 6.54 Å². The minimum absolute atomic E-state index is 0.124. The third-order valence-corrected chi connectivity index (χ3v) is 3.14. The Morgan fingerprint density at radius 2 is 1.58 bits per heavy atom. The number of nitrogens with two attached hydrogens (primary N) is 1. The lowest BCUT2D eigenvalue weighted by Crippen LogP contribution is -2.16. The summed E-state index contributed by atoms with van der Waals surface area (Å²) >= 11 is 0. The average molecular weight is 265 g/mol. The van der Waals surface area contributed by atoms with E-state index in [0.717, 1.165) is 11.6 Å². The van der Waals surface area contributed by atoms with Crippen LogP contribution in [0.2, 0.25) is 0 Å². The molecule has 0 radical (unpaired) electrons. The molecule has 0 heterocycles. The highest BCUT2D eigenvalue weighted by molar-refractivity contribution is 5.26. The second-order valence-electron chi connectivity index (χ2n) is 4.38. The van der Waals surface area contributed by atoms with Crippen LogP contribution in [0.25, 0.3) is 0 Å². The fourth-order valence-electron chi connectivity index (χ4n) is 2.05. The van der Waals surface area contributed by atoms with Crippen molar-refractivity contribution in [3.05, 3.63) is 71.0 Å². The van der Waals surface area contributed by atoms with Gasteiger partial charge in [0.25, 0.3) is 0 Å². The van der Waals surface area contributed by atoms with Gasteiger partial charge in [0.1, 0.15) is 0 Å². The molecule has 2 aromatic rings. The first kappa shape index (κ1) is 13.6. The maximum absolute atomic E-state index is 13.6. The standard InChI is InChI=1S/C15H14F3N/c16-13-7-6-11(14(17)15(13)18)8-12(9-19)10-4-2-1-3-5-10/h1-7,12H,8-9,19H2. The topological polar surface area (TPSA) is 26.0 Å². The molecular weight excluding hydrogens is 251 g/mol. The van der Waals surface area contributed by atoms with E-state index in [-0.39, 0.29) is 17.9 Å². The van der Waals surface area contributed by atoms with Crippen LogP contribution in [0.3, 0.4) is 0 Å². The van der Waals surface area contributed by atoms with Crippen molar-refractivity contribution >= 4 is 0 Å². The van der Waals surface area contributed by atoms with E-state index >= 15 is 0 Å². The summed E-state index contributed by atoms with van der Waals surface area (Å²) in [6.45, 7) is 0.308. The highest BCUT2D eigenvalue weighted by atomic mass is 19.2. The second-order valence-corrected chi connectivity index (χ2v) is 4.38. The van der Waals surface area contributed by atoms with Gasteiger partial charge in [0.15, 0.2) is 17.5 Å². The summed E-state index contributed by atoms with van der Waals surface area (Å²) in [6.07, 6.45) is 0.240. The smallest absolute Gasteiger partial charge is 0.194 e. The van der Waals surface area contributed by atoms with E-state index in [9.17, 15) is 13.2 Å². The SMILES string of the molecule is NCC(Cc1ccc(F)c(F)c1F)c1ccccc1. The zero-order valence-electron chi connectivity index (χ0n) is 10.2. The number of hydrogen-bond donors (Lipinski definition) is 1. The predicted molar refractivity (Wildman–Crippen MR) is 68.3 cm³/mol. The monoisotopic (exact) mass is 265 g/mol. The van der Waals surface area contributed by atoms with Crippen molar-refractivity contribution in [2.45, 2.75) is 12.3 Å². The normalized spacial score (nSPS) is 12.4. The van der Waals surface area contributed by atoms with Crippen LogP contribution < -0.4 is 5.73 Å². The molecule has 0 bridgehead atoms. The average Bonchev–Trinajstić information content (AvgIpc) is 2.45. The van der Waals surface area contributed by atoms with E-state index in [2.05, 4.69) is 0 Å². The Labute approximate surface area is 109 Å². The van der Waals surface area contributed by atoms with Crippen molar-refractivity contribution < 1.29 is 13.2 Å². The van der Waals surface area contributed by atoms with Crippen molar-refractivity contribution in [1.29, 1.82) is 0 Å². The molecule has 2 N–H and O–H groups in total. The molecule has 2 rings (SSSR count). The third-order valence-electron chi connectivity index (χ3n) is 3.14. The van der Waals surface area contributed by atoms with Gasteiger partial charge in [-0.1, -0.05) is 36.4 Å². The largest absolute Gasteiger partial charge is 0.330 e. The lowest BCUT2D eigenvalue weighted by Gasteiger charge is -2.16. The molecule has 0 aliphatic rings. The molecular formula is C15H14F3N. The van der Waals surface area contributed by atoms with Crippen molar-refractivity contribution in [2.75, 3.05) is 6.54 Å². The summed E-state index contributed by atoms with van der Waals surface area (Å²) in [6, 6.07) is 11.6. The molecule has 0 saturated heterocycles. The maximum Gasteiger partial charge on any atom is 0.194 e. The number of benzene rings is 2. The molecule has 0 amide bonds. The van der Waals surface area contributed by atoms with E-state index < -0.39 is 17.5 Å². The summed E-state index contributed by atoms with van der Waals surface area (Å²) < 4.78 is 39.6. The highest BCUT2D eigenvalue weighted by Crippen LogP contribution is 2.23. The lowest BCUT2D eigenvalue weighted by molar-refractivity contribution is 0.438. The van der Waals surface area contributed by atoms with E-state index in [1.165, 1.54) is 6.07 Å². The minimum Gasteiger partial charge on any atom is -0.330 e. The first-order valence-corrected chi connectivity index (χ1v) is 6.01. The summed E-state index contributed by atoms with van der Waals surface area (Å²) in [4.78, 5) is 0. The van der Waals surface area contributed by atoms with Crippen LogP contribution in [0, 0.1) is 17.5 Å². The Balaban J connectivity index is 2.27. The molecule has 0 fully saturated rings. The van der Waals surface area contributed by atoms with Crippen molar-refractivity contribution in [3.63, 3.8) is 0 Å². The van der Waals surface area contributed by atoms with Gasteiger partial charge in [0.2, 0.25) is 0 Å². The van der Waals surface area contributed by atoms with Gasteiger partial charge in [0.05, 0.1) is 0 Å². The molecule has 1 atom stereocenters. The zero-order valence-corrected chi connectivity index (χ0v) is 10.2. The minimum atomic E-state index is -1.43. The van der Waals surface area contributed by atoms with Crippen LogP contribution in [0.1, 0.15) is 17.0 Å². The van der Waals surface area contributed by atoms with E-state index in [0.29, 0.717) is 6.54 Å². The van der Waals surface area contributed by atoms with Crippen molar-refractivity contribution in [2.24, 2.45) is 5.73 Å². The van der Waals surface area contributed by atoms with E-state index in [1.807, 2.05) is 30.3 Å². The Morgan fingerprint density at radius 1 is 0.895 bits per heavy atom. The molecule has 100 valence electrons. The number of hydrogen-bond acceptors (Lipinski definition) is 1. The Hall–Kier alpha value is -1.81. The molecule has 4 heteroatoms. The van der Waals surface area contributed by atoms with Gasteiger partial charge in [-0.25, -0.2) is 13.2 Å². The fraction of sp³-hybridized carbons (Fsp3) is 0.200. The lowest BCUT2D eigenvalue weighted by atomic mass is 9.92.